The lowest BCUT2D eigenvalue weighted by molar-refractivity contribution is 0.342. The van der Waals surface area contributed by atoms with Crippen molar-refractivity contribution in [2.45, 2.75) is 13.3 Å². The zero-order valence-electron chi connectivity index (χ0n) is 15.3. The SMILES string of the molecule is COc1ccc(C2=C(COc3nc(C)ncc3-c3cc(=O)[nH]n3C)C2)nc1. The van der Waals surface area contributed by atoms with Crippen LogP contribution in [0.4, 0.5) is 0 Å². The summed E-state index contributed by atoms with van der Waals surface area (Å²) >= 11 is 0. The largest absolute Gasteiger partial charge is 0.495 e. The highest BCUT2D eigenvalue weighted by Crippen LogP contribution is 2.40. The predicted molar refractivity (Wildman–Crippen MR) is 99.6 cm³/mol. The molecule has 27 heavy (non-hydrogen) atoms. The Hall–Kier alpha value is -3.42. The molecule has 3 aromatic heterocycles. The van der Waals surface area contributed by atoms with Crippen LogP contribution in [0.1, 0.15) is 17.9 Å². The molecule has 1 N–H and O–H groups in total. The number of allylic oxidation sites excluding steroid dienone is 1. The minimum Gasteiger partial charge on any atom is -0.495 e. The van der Waals surface area contributed by atoms with Crippen LogP contribution < -0.4 is 15.0 Å². The summed E-state index contributed by atoms with van der Waals surface area (Å²) in [5.74, 6) is 1.80. The summed E-state index contributed by atoms with van der Waals surface area (Å²) in [6, 6.07) is 5.34. The minimum absolute atomic E-state index is 0.184. The van der Waals surface area contributed by atoms with Gasteiger partial charge in [0, 0.05) is 19.3 Å². The number of aryl methyl sites for hydroxylation is 2. The fourth-order valence-corrected chi connectivity index (χ4v) is 2.89. The van der Waals surface area contributed by atoms with E-state index in [1.807, 2.05) is 12.1 Å². The zero-order valence-corrected chi connectivity index (χ0v) is 15.3. The van der Waals surface area contributed by atoms with Crippen molar-refractivity contribution in [1.82, 2.24) is 24.7 Å². The number of nitrogens with one attached hydrogen (secondary N) is 1. The van der Waals surface area contributed by atoms with E-state index < -0.39 is 0 Å². The summed E-state index contributed by atoms with van der Waals surface area (Å²) in [7, 11) is 3.38. The van der Waals surface area contributed by atoms with E-state index >= 15 is 0 Å². The maximum absolute atomic E-state index is 11.6. The number of hydrogen-bond donors (Lipinski definition) is 1. The molecule has 4 rings (SSSR count). The summed E-state index contributed by atoms with van der Waals surface area (Å²) in [6.07, 6.45) is 4.24. The van der Waals surface area contributed by atoms with Crippen molar-refractivity contribution in [2.75, 3.05) is 13.7 Å². The Labute approximate surface area is 155 Å². The molecule has 0 aliphatic heterocycles. The number of ether oxygens (including phenoxy) is 2. The van der Waals surface area contributed by atoms with E-state index in [4.69, 9.17) is 9.47 Å². The third kappa shape index (κ3) is 3.46. The Bertz CT molecular complexity index is 1080. The van der Waals surface area contributed by atoms with Crippen molar-refractivity contribution < 1.29 is 9.47 Å². The number of H-pyrrole nitrogens is 1. The topological polar surface area (TPSA) is 94.9 Å². The third-order valence-corrected chi connectivity index (χ3v) is 4.41. The van der Waals surface area contributed by atoms with Gasteiger partial charge in [0.25, 0.3) is 5.56 Å². The molecule has 0 spiro atoms. The van der Waals surface area contributed by atoms with E-state index in [9.17, 15) is 4.79 Å². The van der Waals surface area contributed by atoms with Crippen LogP contribution in [0.5, 0.6) is 11.6 Å². The molecule has 3 heterocycles. The highest BCUT2D eigenvalue weighted by Gasteiger charge is 2.25. The average molecular weight is 365 g/mol. The first-order valence-corrected chi connectivity index (χ1v) is 8.49. The standard InChI is InChI=1S/C19H19N5O3/c1-11-20-9-15(17-7-18(25)23-24(17)2)19(22-11)27-10-12-6-14(12)16-5-4-13(26-3)8-21-16/h4-5,7-9H,6,10H2,1-3H3,(H,23,25). The predicted octanol–water partition coefficient (Wildman–Crippen LogP) is 2.12. The summed E-state index contributed by atoms with van der Waals surface area (Å²) < 4.78 is 12.7. The van der Waals surface area contributed by atoms with Gasteiger partial charge in [-0.05, 0) is 36.6 Å². The van der Waals surface area contributed by atoms with Gasteiger partial charge in [-0.2, -0.15) is 4.98 Å². The van der Waals surface area contributed by atoms with Gasteiger partial charge in [-0.3, -0.25) is 19.6 Å². The first-order valence-electron chi connectivity index (χ1n) is 8.49. The van der Waals surface area contributed by atoms with Gasteiger partial charge < -0.3 is 9.47 Å². The second-order valence-corrected chi connectivity index (χ2v) is 6.33. The van der Waals surface area contributed by atoms with Gasteiger partial charge in [0.2, 0.25) is 5.88 Å². The van der Waals surface area contributed by atoms with Crippen LogP contribution in [-0.2, 0) is 7.05 Å². The molecule has 3 aromatic rings. The van der Waals surface area contributed by atoms with Gasteiger partial charge in [-0.25, -0.2) is 4.98 Å². The molecule has 0 unspecified atom stereocenters. The van der Waals surface area contributed by atoms with Gasteiger partial charge >= 0.3 is 0 Å². The second-order valence-electron chi connectivity index (χ2n) is 6.33. The minimum atomic E-state index is -0.184. The van der Waals surface area contributed by atoms with Crippen LogP contribution in [0.3, 0.4) is 0 Å². The molecule has 0 fully saturated rings. The van der Waals surface area contributed by atoms with Crippen LogP contribution in [0.2, 0.25) is 0 Å². The fourth-order valence-electron chi connectivity index (χ4n) is 2.89. The van der Waals surface area contributed by atoms with Crippen molar-refractivity contribution in [3.8, 4) is 22.9 Å². The van der Waals surface area contributed by atoms with Crippen molar-refractivity contribution >= 4 is 5.57 Å². The molecule has 0 bridgehead atoms. The molecular weight excluding hydrogens is 346 g/mol. The lowest BCUT2D eigenvalue weighted by Gasteiger charge is -2.10. The lowest BCUT2D eigenvalue weighted by atomic mass is 10.2. The van der Waals surface area contributed by atoms with Gasteiger partial charge in [0.05, 0.1) is 30.3 Å². The maximum atomic E-state index is 11.6. The van der Waals surface area contributed by atoms with Crippen LogP contribution >= 0.6 is 0 Å². The number of aromatic amines is 1. The first-order chi connectivity index (χ1) is 13.0. The van der Waals surface area contributed by atoms with E-state index in [1.165, 1.54) is 17.2 Å². The number of aromatic nitrogens is 5. The second kappa shape index (κ2) is 6.71. The number of nitrogens with zero attached hydrogens (tertiary/aromatic N) is 4. The van der Waals surface area contributed by atoms with E-state index in [-0.39, 0.29) is 5.56 Å². The Morgan fingerprint density at radius 1 is 1.26 bits per heavy atom. The van der Waals surface area contributed by atoms with E-state index in [0.717, 1.165) is 17.9 Å². The van der Waals surface area contributed by atoms with Crippen molar-refractivity contribution in [3.63, 3.8) is 0 Å². The molecule has 0 saturated carbocycles. The molecule has 8 nitrogen and oxygen atoms in total. The summed E-state index contributed by atoms with van der Waals surface area (Å²) in [5.41, 5.74) is 4.46. The smallest absolute Gasteiger partial charge is 0.264 e. The number of rotatable bonds is 6. The van der Waals surface area contributed by atoms with Crippen LogP contribution in [0.15, 0.2) is 41.0 Å². The molecule has 0 atom stereocenters. The van der Waals surface area contributed by atoms with Gasteiger partial charge in [0.15, 0.2) is 0 Å². The molecule has 138 valence electrons. The molecule has 0 aromatic carbocycles. The van der Waals surface area contributed by atoms with Gasteiger partial charge in [-0.15, -0.1) is 0 Å². The van der Waals surface area contributed by atoms with E-state index in [0.29, 0.717) is 29.6 Å². The zero-order chi connectivity index (χ0) is 19.0. The van der Waals surface area contributed by atoms with Gasteiger partial charge in [-0.1, -0.05) is 0 Å². The highest BCUT2D eigenvalue weighted by atomic mass is 16.5. The lowest BCUT2D eigenvalue weighted by Crippen LogP contribution is -2.04. The highest BCUT2D eigenvalue weighted by molar-refractivity contribution is 5.81. The number of hydrogen-bond acceptors (Lipinski definition) is 6. The Morgan fingerprint density at radius 3 is 2.78 bits per heavy atom. The van der Waals surface area contributed by atoms with Crippen molar-refractivity contribution in [2.24, 2.45) is 7.05 Å². The molecule has 0 amide bonds. The van der Waals surface area contributed by atoms with E-state index in [2.05, 4.69) is 20.1 Å². The number of pyridine rings is 1. The molecule has 1 aliphatic carbocycles. The summed E-state index contributed by atoms with van der Waals surface area (Å²) in [4.78, 5) is 24.6. The molecule has 0 radical (unpaired) electrons. The summed E-state index contributed by atoms with van der Waals surface area (Å²) in [5, 5.41) is 2.69. The molecule has 0 saturated heterocycles. The monoisotopic (exact) mass is 365 g/mol. The van der Waals surface area contributed by atoms with E-state index in [1.54, 1.807) is 38.2 Å². The van der Waals surface area contributed by atoms with Crippen molar-refractivity contribution in [3.05, 3.63) is 58.0 Å². The Balaban J connectivity index is 1.55. The third-order valence-electron chi connectivity index (χ3n) is 4.41. The maximum Gasteiger partial charge on any atom is 0.264 e. The Morgan fingerprint density at radius 2 is 2.11 bits per heavy atom. The normalized spacial score (nSPS) is 13.0. The average Bonchev–Trinajstić information content (AvgIpc) is 3.37. The fraction of sp³-hybridized carbons (Fsp3) is 0.263. The van der Waals surface area contributed by atoms with Crippen LogP contribution in [-0.4, -0.2) is 38.4 Å². The molecule has 1 aliphatic rings. The molecular formula is C19H19N5O3. The van der Waals surface area contributed by atoms with Crippen LogP contribution in [0.25, 0.3) is 16.8 Å². The molecule has 8 heteroatoms. The summed E-state index contributed by atoms with van der Waals surface area (Å²) in [6.45, 7) is 2.22. The van der Waals surface area contributed by atoms with Crippen LogP contribution in [0, 0.1) is 6.92 Å². The Kier molecular flexibility index (Phi) is 4.23. The first kappa shape index (κ1) is 17.0. The van der Waals surface area contributed by atoms with Gasteiger partial charge in [0.1, 0.15) is 18.2 Å². The van der Waals surface area contributed by atoms with Crippen molar-refractivity contribution in [1.29, 1.82) is 0 Å². The quantitative estimate of drug-likeness (QED) is 0.719. The number of methoxy groups -OCH3 is 1.